The molecule has 4 nitrogen and oxygen atoms in total. The van der Waals surface area contributed by atoms with Crippen LogP contribution in [-0.4, -0.2) is 47.4 Å². The summed E-state index contributed by atoms with van der Waals surface area (Å²) in [5.41, 5.74) is 0. The molecule has 0 radical (unpaired) electrons. The maximum absolute atomic E-state index is 12.4. The first kappa shape index (κ1) is 13.4. The third-order valence-corrected chi connectivity index (χ3v) is 4.02. The highest BCUT2D eigenvalue weighted by Gasteiger charge is 2.36. The van der Waals surface area contributed by atoms with Crippen LogP contribution in [0.1, 0.15) is 45.4 Å². The minimum Gasteiger partial charge on any atom is -0.341 e. The van der Waals surface area contributed by atoms with E-state index in [0.717, 1.165) is 32.5 Å². The van der Waals surface area contributed by atoms with Gasteiger partial charge >= 0.3 is 0 Å². The van der Waals surface area contributed by atoms with Crippen molar-refractivity contribution in [3.8, 4) is 6.07 Å². The average Bonchev–Trinajstić information content (AvgIpc) is 3.24. The summed E-state index contributed by atoms with van der Waals surface area (Å²) in [6.45, 7) is 4.58. The van der Waals surface area contributed by atoms with Gasteiger partial charge in [-0.15, -0.1) is 0 Å². The van der Waals surface area contributed by atoms with E-state index in [1.54, 1.807) is 0 Å². The predicted molar refractivity (Wildman–Crippen MR) is 69.9 cm³/mol. The molecule has 0 aromatic carbocycles. The molecule has 0 N–H and O–H groups in total. The molecule has 4 heteroatoms. The Bertz CT molecular complexity index is 326. The van der Waals surface area contributed by atoms with Gasteiger partial charge in [-0.2, -0.15) is 5.26 Å². The van der Waals surface area contributed by atoms with Gasteiger partial charge in [-0.1, -0.05) is 0 Å². The second-order valence-electron chi connectivity index (χ2n) is 5.44. The lowest BCUT2D eigenvalue weighted by atomic mass is 10.1. The van der Waals surface area contributed by atoms with E-state index < -0.39 is 0 Å². The van der Waals surface area contributed by atoms with Crippen molar-refractivity contribution in [3.63, 3.8) is 0 Å². The van der Waals surface area contributed by atoms with Crippen molar-refractivity contribution >= 4 is 5.91 Å². The van der Waals surface area contributed by atoms with Crippen LogP contribution in [0.5, 0.6) is 0 Å². The topological polar surface area (TPSA) is 47.3 Å². The van der Waals surface area contributed by atoms with Gasteiger partial charge in [0.25, 0.3) is 0 Å². The van der Waals surface area contributed by atoms with Gasteiger partial charge in [0.1, 0.15) is 0 Å². The average molecular weight is 249 g/mol. The molecule has 0 bridgehead atoms. The lowest BCUT2D eigenvalue weighted by molar-refractivity contribution is -0.137. The SMILES string of the molecule is CC(C(=O)N1CCCCC1)N(CCC#N)C1CC1. The van der Waals surface area contributed by atoms with Crippen LogP contribution in [0.3, 0.4) is 0 Å². The molecule has 1 aliphatic heterocycles. The highest BCUT2D eigenvalue weighted by atomic mass is 16.2. The van der Waals surface area contributed by atoms with Gasteiger partial charge in [0, 0.05) is 32.1 Å². The Morgan fingerprint density at radius 1 is 1.39 bits per heavy atom. The molecule has 100 valence electrons. The Hall–Kier alpha value is -1.08. The number of nitrogens with zero attached hydrogens (tertiary/aromatic N) is 3. The normalized spacial score (nSPS) is 21.7. The van der Waals surface area contributed by atoms with E-state index in [-0.39, 0.29) is 11.9 Å². The molecule has 1 unspecified atom stereocenters. The monoisotopic (exact) mass is 249 g/mol. The van der Waals surface area contributed by atoms with Crippen molar-refractivity contribution in [2.24, 2.45) is 0 Å². The van der Waals surface area contributed by atoms with E-state index in [4.69, 9.17) is 5.26 Å². The van der Waals surface area contributed by atoms with Crippen molar-refractivity contribution in [1.29, 1.82) is 5.26 Å². The van der Waals surface area contributed by atoms with Crippen LogP contribution in [-0.2, 0) is 4.79 Å². The first-order chi connectivity index (χ1) is 8.74. The van der Waals surface area contributed by atoms with Gasteiger partial charge in [-0.3, -0.25) is 9.69 Å². The van der Waals surface area contributed by atoms with E-state index in [2.05, 4.69) is 11.0 Å². The summed E-state index contributed by atoms with van der Waals surface area (Å²) in [4.78, 5) is 16.7. The Labute approximate surface area is 110 Å². The lowest BCUT2D eigenvalue weighted by Crippen LogP contribution is -2.49. The van der Waals surface area contributed by atoms with Crippen LogP contribution >= 0.6 is 0 Å². The van der Waals surface area contributed by atoms with Gasteiger partial charge < -0.3 is 4.90 Å². The zero-order chi connectivity index (χ0) is 13.0. The van der Waals surface area contributed by atoms with Gasteiger partial charge in [0.15, 0.2) is 0 Å². The number of piperidine rings is 1. The van der Waals surface area contributed by atoms with Crippen LogP contribution in [0.2, 0.25) is 0 Å². The number of amides is 1. The van der Waals surface area contributed by atoms with Gasteiger partial charge in [-0.05, 0) is 39.0 Å². The fraction of sp³-hybridized carbons (Fsp3) is 0.857. The molecule has 1 saturated carbocycles. The molecule has 1 atom stereocenters. The van der Waals surface area contributed by atoms with E-state index >= 15 is 0 Å². The third-order valence-electron chi connectivity index (χ3n) is 4.02. The van der Waals surface area contributed by atoms with Crippen LogP contribution in [0.4, 0.5) is 0 Å². The highest BCUT2D eigenvalue weighted by molar-refractivity contribution is 5.81. The molecule has 2 aliphatic rings. The summed E-state index contributed by atoms with van der Waals surface area (Å²) in [6.07, 6.45) is 6.42. The molecule has 1 heterocycles. The third kappa shape index (κ3) is 3.23. The number of nitriles is 1. The number of carbonyl (C=O) groups excluding carboxylic acids is 1. The fourth-order valence-corrected chi connectivity index (χ4v) is 2.80. The first-order valence-corrected chi connectivity index (χ1v) is 7.15. The lowest BCUT2D eigenvalue weighted by Gasteiger charge is -2.34. The predicted octanol–water partition coefficient (Wildman–Crippen LogP) is 1.77. The highest BCUT2D eigenvalue weighted by Crippen LogP contribution is 2.29. The summed E-state index contributed by atoms with van der Waals surface area (Å²) in [5, 5.41) is 8.71. The van der Waals surface area contributed by atoms with Gasteiger partial charge in [0.2, 0.25) is 5.91 Å². The Balaban J connectivity index is 1.91. The van der Waals surface area contributed by atoms with Crippen molar-refractivity contribution in [3.05, 3.63) is 0 Å². The van der Waals surface area contributed by atoms with E-state index in [1.807, 2.05) is 11.8 Å². The molecule has 1 amide bonds. The minimum absolute atomic E-state index is 0.0519. The summed E-state index contributed by atoms with van der Waals surface area (Å²) in [6, 6.07) is 2.68. The largest absolute Gasteiger partial charge is 0.341 e. The van der Waals surface area contributed by atoms with Crippen molar-refractivity contribution < 1.29 is 4.79 Å². The molecule has 18 heavy (non-hydrogen) atoms. The number of hydrogen-bond acceptors (Lipinski definition) is 3. The summed E-state index contributed by atoms with van der Waals surface area (Å²) in [7, 11) is 0. The zero-order valence-electron chi connectivity index (χ0n) is 11.3. The molecule has 2 rings (SSSR count). The molecule has 1 aliphatic carbocycles. The maximum atomic E-state index is 12.4. The number of carbonyl (C=O) groups is 1. The second-order valence-corrected chi connectivity index (χ2v) is 5.44. The minimum atomic E-state index is -0.0519. The quantitative estimate of drug-likeness (QED) is 0.746. The summed E-state index contributed by atoms with van der Waals surface area (Å²) >= 11 is 0. The standard InChI is InChI=1S/C14H23N3O/c1-12(14(18)16-9-3-2-4-10-16)17(11-5-8-15)13-6-7-13/h12-13H,2-7,9-11H2,1H3. The molecule has 0 aromatic heterocycles. The van der Waals surface area contributed by atoms with E-state index in [0.29, 0.717) is 12.5 Å². The molecular formula is C14H23N3O. The Morgan fingerprint density at radius 2 is 2.06 bits per heavy atom. The van der Waals surface area contributed by atoms with Crippen molar-refractivity contribution in [2.45, 2.75) is 57.5 Å². The number of hydrogen-bond donors (Lipinski definition) is 0. The van der Waals surface area contributed by atoms with E-state index in [1.165, 1.54) is 19.3 Å². The molecule has 0 aromatic rings. The Kier molecular flexibility index (Phi) is 4.60. The zero-order valence-corrected chi connectivity index (χ0v) is 11.3. The molecule has 1 saturated heterocycles. The van der Waals surface area contributed by atoms with Crippen molar-refractivity contribution in [1.82, 2.24) is 9.80 Å². The van der Waals surface area contributed by atoms with Crippen molar-refractivity contribution in [2.75, 3.05) is 19.6 Å². The summed E-state index contributed by atoms with van der Waals surface area (Å²) in [5.74, 6) is 0.263. The van der Waals surface area contributed by atoms with Crippen LogP contribution in [0, 0.1) is 11.3 Å². The van der Waals surface area contributed by atoms with Crippen LogP contribution in [0.15, 0.2) is 0 Å². The summed E-state index contributed by atoms with van der Waals surface area (Å²) < 4.78 is 0. The Morgan fingerprint density at radius 3 is 2.61 bits per heavy atom. The molecular weight excluding hydrogens is 226 g/mol. The van der Waals surface area contributed by atoms with Crippen LogP contribution < -0.4 is 0 Å². The second kappa shape index (κ2) is 6.19. The number of likely N-dealkylation sites (tertiary alicyclic amines) is 1. The van der Waals surface area contributed by atoms with Gasteiger partial charge in [0.05, 0.1) is 12.1 Å². The van der Waals surface area contributed by atoms with E-state index in [9.17, 15) is 4.79 Å². The number of rotatable bonds is 5. The first-order valence-electron chi connectivity index (χ1n) is 7.15. The molecule has 0 spiro atoms. The van der Waals surface area contributed by atoms with Crippen LogP contribution in [0.25, 0.3) is 0 Å². The maximum Gasteiger partial charge on any atom is 0.239 e. The molecule has 2 fully saturated rings. The van der Waals surface area contributed by atoms with Gasteiger partial charge in [-0.25, -0.2) is 0 Å². The fourth-order valence-electron chi connectivity index (χ4n) is 2.80. The smallest absolute Gasteiger partial charge is 0.239 e.